The molecule has 0 saturated carbocycles. The molecule has 2 aromatic rings. The molecule has 3 rings (SSSR count). The van der Waals surface area contributed by atoms with Crippen LogP contribution in [-0.2, 0) is 10.2 Å². The van der Waals surface area contributed by atoms with Crippen LogP contribution >= 0.6 is 0 Å². The van der Waals surface area contributed by atoms with Crippen molar-refractivity contribution < 1.29 is 15.0 Å². The number of piperidine rings is 1. The first-order valence-electron chi connectivity index (χ1n) is 8.36. The van der Waals surface area contributed by atoms with Gasteiger partial charge in [0.15, 0.2) is 0 Å². The van der Waals surface area contributed by atoms with E-state index in [0.717, 1.165) is 11.1 Å². The molecule has 2 N–H and O–H groups in total. The highest BCUT2D eigenvalue weighted by Crippen LogP contribution is 2.36. The molecule has 4 nitrogen and oxygen atoms in total. The predicted octanol–water partition coefficient (Wildman–Crippen LogP) is 2.84. The molecule has 0 aliphatic carbocycles. The molecule has 1 fully saturated rings. The van der Waals surface area contributed by atoms with Crippen molar-refractivity contribution in [2.45, 2.75) is 24.4 Å². The van der Waals surface area contributed by atoms with E-state index in [1.54, 1.807) is 0 Å². The second-order valence-electron chi connectivity index (χ2n) is 6.48. The molecule has 0 aromatic heterocycles. The summed E-state index contributed by atoms with van der Waals surface area (Å²) in [5, 5.41) is 20.2. The number of nitrogens with zero attached hydrogens (tertiary/aromatic N) is 1. The fraction of sp³-hybridized carbons (Fsp3) is 0.350. The zero-order chi connectivity index (χ0) is 17.0. The van der Waals surface area contributed by atoms with Crippen LogP contribution in [0, 0.1) is 0 Å². The molecule has 1 saturated heterocycles. The number of aliphatic hydroxyl groups is 1. The van der Waals surface area contributed by atoms with E-state index in [9.17, 15) is 15.0 Å². The fourth-order valence-corrected chi connectivity index (χ4v) is 3.53. The lowest BCUT2D eigenvalue weighted by atomic mass is 9.73. The second kappa shape index (κ2) is 7.16. The maximum atomic E-state index is 12.0. The van der Waals surface area contributed by atoms with Gasteiger partial charge in [0.1, 0.15) is 0 Å². The van der Waals surface area contributed by atoms with Gasteiger partial charge in [0.05, 0.1) is 11.5 Å². The Bertz CT molecular complexity index is 664. The van der Waals surface area contributed by atoms with Gasteiger partial charge in [0.2, 0.25) is 0 Å². The summed E-state index contributed by atoms with van der Waals surface area (Å²) in [6, 6.07) is 19.1. The Kier molecular flexibility index (Phi) is 4.97. The van der Waals surface area contributed by atoms with Crippen LogP contribution in [0.15, 0.2) is 60.7 Å². The van der Waals surface area contributed by atoms with Crippen LogP contribution in [0.2, 0.25) is 0 Å². The lowest BCUT2D eigenvalue weighted by Crippen LogP contribution is -2.48. The molecule has 1 atom stereocenters. The largest absolute Gasteiger partial charge is 0.481 e. The number of benzene rings is 2. The van der Waals surface area contributed by atoms with E-state index in [-0.39, 0.29) is 0 Å². The fourth-order valence-electron chi connectivity index (χ4n) is 3.53. The van der Waals surface area contributed by atoms with Crippen molar-refractivity contribution in [2.24, 2.45) is 0 Å². The van der Waals surface area contributed by atoms with Gasteiger partial charge in [-0.2, -0.15) is 0 Å². The van der Waals surface area contributed by atoms with Gasteiger partial charge < -0.3 is 15.1 Å². The van der Waals surface area contributed by atoms with Gasteiger partial charge >= 0.3 is 5.97 Å². The smallest absolute Gasteiger partial charge is 0.314 e. The number of hydrogen-bond acceptors (Lipinski definition) is 3. The topological polar surface area (TPSA) is 60.8 Å². The van der Waals surface area contributed by atoms with E-state index in [2.05, 4.69) is 4.90 Å². The third-order valence-corrected chi connectivity index (χ3v) is 5.06. The first-order valence-corrected chi connectivity index (χ1v) is 8.36. The molecular formula is C20H23NO3. The van der Waals surface area contributed by atoms with Crippen molar-refractivity contribution in [2.75, 3.05) is 19.6 Å². The molecule has 0 bridgehead atoms. The number of aliphatic hydroxyl groups excluding tert-OH is 1. The Morgan fingerprint density at radius 3 is 2.08 bits per heavy atom. The van der Waals surface area contributed by atoms with Gasteiger partial charge in [0.25, 0.3) is 0 Å². The van der Waals surface area contributed by atoms with Crippen molar-refractivity contribution in [3.05, 3.63) is 71.8 Å². The standard InChI is InChI=1S/C20H23NO3/c22-18(16-7-3-1-4-8-16)15-21-13-11-20(12-14-21,19(23)24)17-9-5-2-6-10-17/h1-10,18,22H,11-15H2,(H,23,24). The molecule has 126 valence electrons. The minimum absolute atomic E-state index is 0.536. The number of hydrogen-bond donors (Lipinski definition) is 2. The summed E-state index contributed by atoms with van der Waals surface area (Å²) in [6.07, 6.45) is 0.585. The average molecular weight is 325 g/mol. The summed E-state index contributed by atoms with van der Waals surface area (Å²) in [6.45, 7) is 1.88. The highest BCUT2D eigenvalue weighted by Gasteiger charge is 2.43. The van der Waals surface area contributed by atoms with Gasteiger partial charge in [-0.1, -0.05) is 60.7 Å². The summed E-state index contributed by atoms with van der Waals surface area (Å²) in [5.74, 6) is -0.753. The summed E-state index contributed by atoms with van der Waals surface area (Å²) < 4.78 is 0. The minimum atomic E-state index is -0.810. The van der Waals surface area contributed by atoms with E-state index in [4.69, 9.17) is 0 Å². The Balaban J connectivity index is 1.67. The average Bonchev–Trinajstić information content (AvgIpc) is 2.63. The molecule has 0 spiro atoms. The van der Waals surface area contributed by atoms with Crippen molar-refractivity contribution >= 4 is 5.97 Å². The molecule has 1 aliphatic heterocycles. The maximum absolute atomic E-state index is 12.0. The van der Waals surface area contributed by atoms with Crippen LogP contribution in [-0.4, -0.2) is 40.7 Å². The van der Waals surface area contributed by atoms with Crippen molar-refractivity contribution in [1.29, 1.82) is 0 Å². The zero-order valence-corrected chi connectivity index (χ0v) is 13.6. The molecular weight excluding hydrogens is 302 g/mol. The van der Waals surface area contributed by atoms with Crippen LogP contribution in [0.4, 0.5) is 0 Å². The van der Waals surface area contributed by atoms with E-state index in [1.807, 2.05) is 60.7 Å². The minimum Gasteiger partial charge on any atom is -0.481 e. The lowest BCUT2D eigenvalue weighted by molar-refractivity contribution is -0.146. The zero-order valence-electron chi connectivity index (χ0n) is 13.6. The number of β-amino-alcohol motifs (C(OH)–C–C–N with tert-alkyl or cyclic N) is 1. The Labute approximate surface area is 142 Å². The molecule has 24 heavy (non-hydrogen) atoms. The maximum Gasteiger partial charge on any atom is 0.314 e. The van der Waals surface area contributed by atoms with Crippen molar-refractivity contribution in [3.8, 4) is 0 Å². The van der Waals surface area contributed by atoms with Gasteiger partial charge in [-0.05, 0) is 37.1 Å². The highest BCUT2D eigenvalue weighted by molar-refractivity contribution is 5.81. The van der Waals surface area contributed by atoms with Gasteiger partial charge in [0, 0.05) is 6.54 Å². The third kappa shape index (κ3) is 3.35. The van der Waals surface area contributed by atoms with Crippen molar-refractivity contribution in [1.82, 2.24) is 4.90 Å². The van der Waals surface area contributed by atoms with Gasteiger partial charge in [-0.3, -0.25) is 4.79 Å². The van der Waals surface area contributed by atoms with Gasteiger partial charge in [-0.25, -0.2) is 0 Å². The summed E-state index contributed by atoms with van der Waals surface area (Å²) in [5.41, 5.74) is 0.964. The van der Waals surface area contributed by atoms with E-state index < -0.39 is 17.5 Å². The van der Waals surface area contributed by atoms with Gasteiger partial charge in [-0.15, -0.1) is 0 Å². The molecule has 4 heteroatoms. The van der Waals surface area contributed by atoms with Crippen LogP contribution < -0.4 is 0 Å². The number of carbonyl (C=O) groups is 1. The Morgan fingerprint density at radius 1 is 1.00 bits per heavy atom. The number of rotatable bonds is 5. The third-order valence-electron chi connectivity index (χ3n) is 5.06. The van der Waals surface area contributed by atoms with E-state index in [0.29, 0.717) is 32.5 Å². The first-order chi connectivity index (χ1) is 11.6. The van der Waals surface area contributed by atoms with Crippen LogP contribution in [0.5, 0.6) is 0 Å². The summed E-state index contributed by atoms with van der Waals surface area (Å²) in [7, 11) is 0. The Hall–Kier alpha value is -2.17. The number of carboxylic acids is 1. The quantitative estimate of drug-likeness (QED) is 0.887. The molecule has 1 unspecified atom stereocenters. The molecule has 2 aromatic carbocycles. The van der Waals surface area contributed by atoms with Crippen molar-refractivity contribution in [3.63, 3.8) is 0 Å². The molecule has 1 aliphatic rings. The summed E-state index contributed by atoms with van der Waals surface area (Å²) in [4.78, 5) is 14.1. The number of aliphatic carboxylic acids is 1. The molecule has 0 radical (unpaired) electrons. The van der Waals surface area contributed by atoms with Crippen LogP contribution in [0.1, 0.15) is 30.1 Å². The predicted molar refractivity (Wildman–Crippen MR) is 92.8 cm³/mol. The number of likely N-dealkylation sites (tertiary alicyclic amines) is 1. The molecule has 0 amide bonds. The normalized spacial score (nSPS) is 18.9. The summed E-state index contributed by atoms with van der Waals surface area (Å²) >= 11 is 0. The SMILES string of the molecule is O=C(O)C1(c2ccccc2)CCN(CC(O)c2ccccc2)CC1. The lowest BCUT2D eigenvalue weighted by Gasteiger charge is -2.39. The van der Waals surface area contributed by atoms with Crippen LogP contribution in [0.3, 0.4) is 0 Å². The second-order valence-corrected chi connectivity index (χ2v) is 6.48. The monoisotopic (exact) mass is 325 g/mol. The number of carboxylic acid groups (broad SMARTS) is 1. The Morgan fingerprint density at radius 2 is 1.54 bits per heavy atom. The van der Waals surface area contributed by atoms with Crippen LogP contribution in [0.25, 0.3) is 0 Å². The molecule has 1 heterocycles. The first kappa shape index (κ1) is 16.7. The highest BCUT2D eigenvalue weighted by atomic mass is 16.4. The van der Waals surface area contributed by atoms with E-state index in [1.165, 1.54) is 0 Å². The van der Waals surface area contributed by atoms with E-state index >= 15 is 0 Å².